The minimum Gasteiger partial charge on any atom is -0.495 e. The summed E-state index contributed by atoms with van der Waals surface area (Å²) in [5.41, 5.74) is -0.947. The first-order valence-corrected chi connectivity index (χ1v) is 7.03. The molecule has 0 saturated carbocycles. The van der Waals surface area contributed by atoms with Gasteiger partial charge in [0.05, 0.1) is 22.8 Å². The third-order valence-electron chi connectivity index (χ3n) is 2.77. The van der Waals surface area contributed by atoms with Gasteiger partial charge in [-0.05, 0) is 44.8 Å². The molecule has 0 radical (unpaired) electrons. The molecule has 0 aliphatic carbocycles. The molecular weight excluding hydrogens is 396 g/mol. The highest BCUT2D eigenvalue weighted by atomic mass is 79.9. The third kappa shape index (κ3) is 2.40. The summed E-state index contributed by atoms with van der Waals surface area (Å²) in [5.74, 6) is 0.0715. The van der Waals surface area contributed by atoms with Gasteiger partial charge in [-0.15, -0.1) is 0 Å². The van der Waals surface area contributed by atoms with Crippen molar-refractivity contribution in [1.29, 1.82) is 0 Å². The lowest BCUT2D eigenvalue weighted by atomic mass is 10.2. The Balaban J connectivity index is 2.85. The molecule has 1 aromatic carbocycles. The average Bonchev–Trinajstić information content (AvgIpc) is 2.38. The van der Waals surface area contributed by atoms with Gasteiger partial charge in [0.25, 0.3) is 5.56 Å². The zero-order valence-electron chi connectivity index (χ0n) is 10.5. The van der Waals surface area contributed by atoms with Gasteiger partial charge >= 0.3 is 5.69 Å². The van der Waals surface area contributed by atoms with E-state index in [1.165, 1.54) is 14.0 Å². The van der Waals surface area contributed by atoms with E-state index in [-0.39, 0.29) is 5.56 Å². The van der Waals surface area contributed by atoms with E-state index in [4.69, 9.17) is 4.74 Å². The number of hydrogen-bond acceptors (Lipinski definition) is 4. The van der Waals surface area contributed by atoms with Crippen LogP contribution in [0, 0.1) is 6.92 Å². The first-order valence-electron chi connectivity index (χ1n) is 5.45. The fourth-order valence-electron chi connectivity index (χ4n) is 1.68. The number of aromatic nitrogens is 2. The number of halogens is 2. The Labute approximate surface area is 130 Å². The summed E-state index contributed by atoms with van der Waals surface area (Å²) in [5, 5.41) is 10.0. The zero-order valence-corrected chi connectivity index (χ0v) is 13.7. The van der Waals surface area contributed by atoms with Crippen molar-refractivity contribution in [1.82, 2.24) is 9.55 Å². The summed E-state index contributed by atoms with van der Waals surface area (Å²) >= 11 is 6.62. The lowest BCUT2D eigenvalue weighted by Gasteiger charge is -2.13. The van der Waals surface area contributed by atoms with Crippen molar-refractivity contribution < 1.29 is 9.84 Å². The van der Waals surface area contributed by atoms with Crippen molar-refractivity contribution in [3.8, 4) is 17.3 Å². The van der Waals surface area contributed by atoms with Gasteiger partial charge in [0.15, 0.2) is 0 Å². The Kier molecular flexibility index (Phi) is 4.05. The zero-order chi connectivity index (χ0) is 15.0. The minimum atomic E-state index is -0.733. The maximum atomic E-state index is 11.9. The second-order valence-electron chi connectivity index (χ2n) is 3.98. The van der Waals surface area contributed by atoms with Crippen LogP contribution in [0.25, 0.3) is 5.69 Å². The van der Waals surface area contributed by atoms with Gasteiger partial charge in [0.2, 0.25) is 5.88 Å². The normalized spacial score (nSPS) is 10.6. The van der Waals surface area contributed by atoms with Crippen molar-refractivity contribution >= 4 is 31.9 Å². The Bertz CT molecular complexity index is 795. The number of methoxy groups -OCH3 is 1. The van der Waals surface area contributed by atoms with E-state index < -0.39 is 17.1 Å². The third-order valence-corrected chi connectivity index (χ3v) is 4.03. The molecule has 1 aromatic heterocycles. The first kappa shape index (κ1) is 14.9. The van der Waals surface area contributed by atoms with Gasteiger partial charge in [-0.3, -0.25) is 9.78 Å². The second-order valence-corrected chi connectivity index (χ2v) is 5.69. The van der Waals surface area contributed by atoms with Gasteiger partial charge in [-0.2, -0.15) is 0 Å². The molecule has 2 N–H and O–H groups in total. The van der Waals surface area contributed by atoms with Gasteiger partial charge in [-0.1, -0.05) is 0 Å². The van der Waals surface area contributed by atoms with Gasteiger partial charge in [0, 0.05) is 10.5 Å². The fraction of sp³-hybridized carbons (Fsp3) is 0.167. The first-order chi connectivity index (χ1) is 9.36. The highest BCUT2D eigenvalue weighted by molar-refractivity contribution is 9.11. The Morgan fingerprint density at radius 1 is 1.25 bits per heavy atom. The molecule has 2 rings (SSSR count). The summed E-state index contributed by atoms with van der Waals surface area (Å²) in [7, 11) is 1.48. The van der Waals surface area contributed by atoms with Crippen LogP contribution in [0.3, 0.4) is 0 Å². The van der Waals surface area contributed by atoms with Crippen molar-refractivity contribution in [2.45, 2.75) is 6.92 Å². The van der Waals surface area contributed by atoms with E-state index in [1.807, 2.05) is 0 Å². The Morgan fingerprint density at radius 2 is 1.90 bits per heavy atom. The molecule has 0 aliphatic rings. The maximum Gasteiger partial charge on any atom is 0.335 e. The summed E-state index contributed by atoms with van der Waals surface area (Å²) in [6.45, 7) is 1.42. The van der Waals surface area contributed by atoms with E-state index in [0.29, 0.717) is 20.4 Å². The van der Waals surface area contributed by atoms with Crippen molar-refractivity contribution in [2.75, 3.05) is 7.11 Å². The summed E-state index contributed by atoms with van der Waals surface area (Å²) in [6, 6.07) is 3.24. The largest absolute Gasteiger partial charge is 0.495 e. The van der Waals surface area contributed by atoms with Crippen LogP contribution < -0.4 is 16.0 Å². The maximum absolute atomic E-state index is 11.9. The molecule has 20 heavy (non-hydrogen) atoms. The second kappa shape index (κ2) is 5.45. The number of aromatic amines is 1. The molecule has 0 amide bonds. The number of H-pyrrole nitrogens is 1. The predicted octanol–water partition coefficient (Wildman–Crippen LogP) is 2.07. The Morgan fingerprint density at radius 3 is 2.50 bits per heavy atom. The van der Waals surface area contributed by atoms with Crippen molar-refractivity contribution in [3.05, 3.63) is 47.5 Å². The minimum absolute atomic E-state index is 0.0541. The quantitative estimate of drug-likeness (QED) is 0.800. The van der Waals surface area contributed by atoms with Crippen LogP contribution in [0.1, 0.15) is 5.56 Å². The van der Waals surface area contributed by atoms with E-state index in [2.05, 4.69) is 36.8 Å². The van der Waals surface area contributed by atoms with Crippen molar-refractivity contribution in [3.63, 3.8) is 0 Å². The number of benzene rings is 1. The smallest absolute Gasteiger partial charge is 0.335 e. The number of nitrogens with one attached hydrogen (secondary N) is 1. The van der Waals surface area contributed by atoms with Gasteiger partial charge < -0.3 is 9.84 Å². The summed E-state index contributed by atoms with van der Waals surface area (Å²) < 4.78 is 7.39. The van der Waals surface area contributed by atoms with Crippen LogP contribution in [-0.2, 0) is 0 Å². The molecule has 6 nitrogen and oxygen atoms in total. The standard InChI is InChI=1S/C12H10Br2N2O4/c1-5-10(17)15-12(19)16(11(5)18)8-4-9(20-2)7(14)3-6(8)13/h3-4,18H,1-2H3,(H,15,17,19). The van der Waals surface area contributed by atoms with Crippen molar-refractivity contribution in [2.24, 2.45) is 0 Å². The summed E-state index contributed by atoms with van der Waals surface area (Å²) in [6.07, 6.45) is 0. The number of ether oxygens (including phenoxy) is 1. The van der Waals surface area contributed by atoms with Crippen LogP contribution >= 0.6 is 31.9 Å². The molecular formula is C12H10Br2N2O4. The lowest BCUT2D eigenvalue weighted by Crippen LogP contribution is -2.30. The molecule has 0 atom stereocenters. The number of rotatable bonds is 2. The topological polar surface area (TPSA) is 84.3 Å². The molecule has 0 saturated heterocycles. The van der Waals surface area contributed by atoms with E-state index in [9.17, 15) is 14.7 Å². The average molecular weight is 406 g/mol. The molecule has 0 aliphatic heterocycles. The predicted molar refractivity (Wildman–Crippen MR) is 81.0 cm³/mol. The fourth-order valence-corrected chi connectivity index (χ4v) is 3.02. The van der Waals surface area contributed by atoms with E-state index in [1.54, 1.807) is 12.1 Å². The number of aromatic hydroxyl groups is 1. The van der Waals surface area contributed by atoms with Gasteiger partial charge in [-0.25, -0.2) is 9.36 Å². The van der Waals surface area contributed by atoms with Crippen LogP contribution in [-0.4, -0.2) is 21.8 Å². The Hall–Kier alpha value is -1.54. The summed E-state index contributed by atoms with van der Waals surface area (Å²) in [4.78, 5) is 25.5. The van der Waals surface area contributed by atoms with Gasteiger partial charge in [0.1, 0.15) is 5.75 Å². The monoisotopic (exact) mass is 404 g/mol. The lowest BCUT2D eigenvalue weighted by molar-refractivity contribution is 0.409. The highest BCUT2D eigenvalue weighted by Gasteiger charge is 2.16. The highest BCUT2D eigenvalue weighted by Crippen LogP contribution is 2.34. The number of nitrogens with zero attached hydrogens (tertiary/aromatic N) is 1. The molecule has 0 bridgehead atoms. The van der Waals surface area contributed by atoms with Crippen LogP contribution in [0.4, 0.5) is 0 Å². The van der Waals surface area contributed by atoms with Crippen LogP contribution in [0.5, 0.6) is 11.6 Å². The van der Waals surface area contributed by atoms with Crippen LogP contribution in [0.2, 0.25) is 0 Å². The number of hydrogen-bond donors (Lipinski definition) is 2. The molecule has 1 heterocycles. The molecule has 0 unspecified atom stereocenters. The molecule has 106 valence electrons. The van der Waals surface area contributed by atoms with E-state index in [0.717, 1.165) is 4.57 Å². The van der Waals surface area contributed by atoms with Crippen LogP contribution in [0.15, 0.2) is 30.7 Å². The molecule has 8 heteroatoms. The molecule has 0 fully saturated rings. The van der Waals surface area contributed by atoms with E-state index >= 15 is 0 Å². The molecule has 2 aromatic rings. The molecule has 0 spiro atoms. The SMILES string of the molecule is COc1cc(-n2c(O)c(C)c(=O)[nH]c2=O)c(Br)cc1Br.